The lowest BCUT2D eigenvalue weighted by Crippen LogP contribution is -2.16. The third kappa shape index (κ3) is 4.09. The maximum atomic E-state index is 13.5. The monoisotopic (exact) mass is 408 g/mol. The summed E-state index contributed by atoms with van der Waals surface area (Å²) in [6.45, 7) is 8.43. The van der Waals surface area contributed by atoms with Crippen LogP contribution in [0.4, 0.5) is 5.69 Å². The second kappa shape index (κ2) is 8.73. The van der Waals surface area contributed by atoms with Crippen molar-refractivity contribution in [2.75, 3.05) is 5.32 Å². The molecule has 1 amide bonds. The normalized spacial score (nSPS) is 11.0. The number of aryl methyl sites for hydroxylation is 4. The summed E-state index contributed by atoms with van der Waals surface area (Å²) in [4.78, 5) is 18.4. The fourth-order valence-corrected chi connectivity index (χ4v) is 4.00. The van der Waals surface area contributed by atoms with Crippen molar-refractivity contribution in [3.63, 3.8) is 0 Å². The molecule has 4 aromatic rings. The first-order chi connectivity index (χ1) is 15.0. The molecule has 0 unspecified atom stereocenters. The highest BCUT2D eigenvalue weighted by molar-refractivity contribution is 6.13. The molecule has 3 aromatic carbocycles. The van der Waals surface area contributed by atoms with Crippen LogP contribution in [-0.4, -0.2) is 10.9 Å². The summed E-state index contributed by atoms with van der Waals surface area (Å²) in [5.74, 6) is -0.0979. The van der Waals surface area contributed by atoms with Crippen LogP contribution in [0.5, 0.6) is 0 Å². The SMILES string of the molecule is CCc1cccc(CC)c1NC(=O)c1cc(-c2ccc(C)c(C)c2)nc2ccccc12. The smallest absolute Gasteiger partial charge is 0.256 e. The average Bonchev–Trinajstić information content (AvgIpc) is 2.80. The molecule has 0 radical (unpaired) electrons. The zero-order valence-corrected chi connectivity index (χ0v) is 18.6. The molecule has 0 aliphatic heterocycles. The molecular formula is C28H28N2O. The molecule has 0 aliphatic rings. The van der Waals surface area contributed by atoms with Crippen molar-refractivity contribution in [2.24, 2.45) is 0 Å². The number of amides is 1. The minimum atomic E-state index is -0.0979. The topological polar surface area (TPSA) is 42.0 Å². The van der Waals surface area contributed by atoms with Gasteiger partial charge in [-0.3, -0.25) is 4.79 Å². The molecular weight excluding hydrogens is 380 g/mol. The summed E-state index contributed by atoms with van der Waals surface area (Å²) >= 11 is 0. The molecule has 1 aromatic heterocycles. The Labute approximate surface area is 184 Å². The van der Waals surface area contributed by atoms with E-state index in [9.17, 15) is 4.79 Å². The van der Waals surface area contributed by atoms with E-state index in [4.69, 9.17) is 4.98 Å². The summed E-state index contributed by atoms with van der Waals surface area (Å²) in [5, 5.41) is 4.08. The third-order valence-corrected chi connectivity index (χ3v) is 6.00. The lowest BCUT2D eigenvalue weighted by Gasteiger charge is -2.16. The number of benzene rings is 3. The second-order valence-corrected chi connectivity index (χ2v) is 7.98. The molecule has 0 spiro atoms. The quantitative estimate of drug-likeness (QED) is 0.390. The fraction of sp³-hybridized carbons (Fsp3) is 0.214. The number of fused-ring (bicyclic) bond motifs is 1. The number of para-hydroxylation sites is 2. The Morgan fingerprint density at radius 1 is 0.839 bits per heavy atom. The van der Waals surface area contributed by atoms with Crippen molar-refractivity contribution in [2.45, 2.75) is 40.5 Å². The molecule has 0 atom stereocenters. The first-order valence-corrected chi connectivity index (χ1v) is 10.9. The summed E-state index contributed by atoms with van der Waals surface area (Å²) in [6, 6.07) is 22.3. The van der Waals surface area contributed by atoms with Crippen molar-refractivity contribution < 1.29 is 4.79 Å². The molecule has 0 bridgehead atoms. The zero-order chi connectivity index (χ0) is 22.0. The molecule has 1 heterocycles. The Bertz CT molecular complexity index is 1250. The Balaban J connectivity index is 1.83. The van der Waals surface area contributed by atoms with Crippen LogP contribution >= 0.6 is 0 Å². The minimum Gasteiger partial charge on any atom is -0.321 e. The number of pyridine rings is 1. The van der Waals surface area contributed by atoms with Gasteiger partial charge in [0.15, 0.2) is 0 Å². The number of aromatic nitrogens is 1. The number of nitrogens with zero attached hydrogens (tertiary/aromatic N) is 1. The van der Waals surface area contributed by atoms with Crippen molar-refractivity contribution >= 4 is 22.5 Å². The van der Waals surface area contributed by atoms with Crippen molar-refractivity contribution in [3.8, 4) is 11.3 Å². The van der Waals surface area contributed by atoms with Crippen LogP contribution in [0.15, 0.2) is 66.7 Å². The van der Waals surface area contributed by atoms with E-state index >= 15 is 0 Å². The van der Waals surface area contributed by atoms with E-state index in [1.165, 1.54) is 11.1 Å². The molecule has 1 N–H and O–H groups in total. The van der Waals surface area contributed by atoms with Crippen LogP contribution in [0, 0.1) is 13.8 Å². The van der Waals surface area contributed by atoms with Crippen molar-refractivity contribution in [1.29, 1.82) is 0 Å². The Hall–Kier alpha value is -3.46. The molecule has 156 valence electrons. The van der Waals surface area contributed by atoms with Gasteiger partial charge in [-0.1, -0.05) is 62.4 Å². The van der Waals surface area contributed by atoms with Crippen LogP contribution in [0.1, 0.15) is 46.5 Å². The number of rotatable bonds is 5. The molecule has 3 nitrogen and oxygen atoms in total. The second-order valence-electron chi connectivity index (χ2n) is 7.98. The van der Waals surface area contributed by atoms with E-state index in [-0.39, 0.29) is 5.91 Å². The lowest BCUT2D eigenvalue weighted by atomic mass is 9.99. The predicted octanol–water partition coefficient (Wildman–Crippen LogP) is 6.90. The zero-order valence-electron chi connectivity index (χ0n) is 18.6. The fourth-order valence-electron chi connectivity index (χ4n) is 4.00. The van der Waals surface area contributed by atoms with Crippen LogP contribution in [-0.2, 0) is 12.8 Å². The molecule has 0 saturated heterocycles. The number of carbonyl (C=O) groups excluding carboxylic acids is 1. The van der Waals surface area contributed by atoms with Gasteiger partial charge in [-0.2, -0.15) is 0 Å². The number of hydrogen-bond acceptors (Lipinski definition) is 2. The molecule has 31 heavy (non-hydrogen) atoms. The van der Waals surface area contributed by atoms with E-state index < -0.39 is 0 Å². The van der Waals surface area contributed by atoms with Gasteiger partial charge in [-0.05, 0) is 67.1 Å². The highest BCUT2D eigenvalue weighted by Gasteiger charge is 2.17. The van der Waals surface area contributed by atoms with Gasteiger partial charge in [-0.15, -0.1) is 0 Å². The van der Waals surface area contributed by atoms with E-state index in [1.54, 1.807) is 0 Å². The standard InChI is InChI=1S/C28H28N2O/c1-5-20-10-9-11-21(6-2)27(20)30-28(31)24-17-26(22-15-14-18(3)19(4)16-22)29-25-13-8-7-12-23(24)25/h7-17H,5-6H2,1-4H3,(H,30,31). The van der Waals surface area contributed by atoms with Gasteiger partial charge in [0.1, 0.15) is 0 Å². The largest absolute Gasteiger partial charge is 0.321 e. The van der Waals surface area contributed by atoms with Gasteiger partial charge in [0, 0.05) is 16.6 Å². The average molecular weight is 409 g/mol. The molecule has 0 aliphatic carbocycles. The van der Waals surface area contributed by atoms with Crippen molar-refractivity contribution in [3.05, 3.63) is 94.5 Å². The molecule has 4 rings (SSSR count). The first kappa shape index (κ1) is 20.8. The Kier molecular flexibility index (Phi) is 5.85. The van der Waals surface area contributed by atoms with Gasteiger partial charge in [0.2, 0.25) is 0 Å². The minimum absolute atomic E-state index is 0.0979. The van der Waals surface area contributed by atoms with Gasteiger partial charge < -0.3 is 5.32 Å². The molecule has 3 heteroatoms. The van der Waals surface area contributed by atoms with Gasteiger partial charge >= 0.3 is 0 Å². The van der Waals surface area contributed by atoms with Crippen LogP contribution in [0.2, 0.25) is 0 Å². The number of nitrogens with one attached hydrogen (secondary N) is 1. The van der Waals surface area contributed by atoms with E-state index in [1.807, 2.05) is 30.3 Å². The van der Waals surface area contributed by atoms with Gasteiger partial charge in [-0.25, -0.2) is 4.98 Å². The maximum absolute atomic E-state index is 13.5. The maximum Gasteiger partial charge on any atom is 0.256 e. The summed E-state index contributed by atoms with van der Waals surface area (Å²) in [6.07, 6.45) is 1.74. The summed E-state index contributed by atoms with van der Waals surface area (Å²) in [7, 11) is 0. The highest BCUT2D eigenvalue weighted by atomic mass is 16.1. The van der Waals surface area contributed by atoms with Gasteiger partial charge in [0.25, 0.3) is 5.91 Å². The molecule has 0 saturated carbocycles. The number of hydrogen-bond donors (Lipinski definition) is 1. The Morgan fingerprint density at radius 2 is 1.55 bits per heavy atom. The van der Waals surface area contributed by atoms with E-state index in [0.29, 0.717) is 5.56 Å². The summed E-state index contributed by atoms with van der Waals surface area (Å²) in [5.41, 5.74) is 8.99. The number of carbonyl (C=O) groups is 1. The third-order valence-electron chi connectivity index (χ3n) is 6.00. The first-order valence-electron chi connectivity index (χ1n) is 10.9. The Morgan fingerprint density at radius 3 is 2.23 bits per heavy atom. The van der Waals surface area contributed by atoms with Crippen LogP contribution in [0.25, 0.3) is 22.2 Å². The molecule has 0 fully saturated rings. The lowest BCUT2D eigenvalue weighted by molar-refractivity contribution is 0.102. The predicted molar refractivity (Wildman–Crippen MR) is 130 cm³/mol. The van der Waals surface area contributed by atoms with E-state index in [2.05, 4.69) is 69.4 Å². The van der Waals surface area contributed by atoms with Crippen LogP contribution < -0.4 is 5.32 Å². The summed E-state index contributed by atoms with van der Waals surface area (Å²) < 4.78 is 0. The highest BCUT2D eigenvalue weighted by Crippen LogP contribution is 2.28. The van der Waals surface area contributed by atoms with Gasteiger partial charge in [0.05, 0.1) is 16.8 Å². The number of anilines is 1. The van der Waals surface area contributed by atoms with Crippen LogP contribution in [0.3, 0.4) is 0 Å². The van der Waals surface area contributed by atoms with Crippen molar-refractivity contribution in [1.82, 2.24) is 4.98 Å². The van der Waals surface area contributed by atoms with E-state index in [0.717, 1.165) is 51.8 Å².